The SMILES string of the molecule is CC(=O)n1ncc2c1CC[C@H](N)C2. The molecule has 0 aromatic carbocycles. The van der Waals surface area contributed by atoms with Gasteiger partial charge in [-0.2, -0.15) is 5.10 Å². The molecule has 0 amide bonds. The van der Waals surface area contributed by atoms with Gasteiger partial charge >= 0.3 is 0 Å². The molecule has 0 saturated carbocycles. The summed E-state index contributed by atoms with van der Waals surface area (Å²) in [7, 11) is 0. The monoisotopic (exact) mass is 179 g/mol. The third-order valence-electron chi connectivity index (χ3n) is 2.49. The fraction of sp³-hybridized carbons (Fsp3) is 0.556. The molecule has 0 bridgehead atoms. The average Bonchev–Trinajstić information content (AvgIpc) is 2.46. The molecule has 4 heteroatoms. The predicted octanol–water partition coefficient (Wildman–Crippen LogP) is 0.359. The van der Waals surface area contributed by atoms with Crippen LogP contribution in [0.1, 0.15) is 29.4 Å². The smallest absolute Gasteiger partial charge is 0.243 e. The van der Waals surface area contributed by atoms with Crippen LogP contribution in [-0.4, -0.2) is 21.7 Å². The summed E-state index contributed by atoms with van der Waals surface area (Å²) < 4.78 is 1.49. The number of carbonyl (C=O) groups is 1. The van der Waals surface area contributed by atoms with Crippen LogP contribution in [0.5, 0.6) is 0 Å². The normalized spacial score (nSPS) is 21.2. The summed E-state index contributed by atoms with van der Waals surface area (Å²) in [5, 5.41) is 4.04. The van der Waals surface area contributed by atoms with Crippen LogP contribution in [0.15, 0.2) is 6.20 Å². The van der Waals surface area contributed by atoms with E-state index in [0.717, 1.165) is 30.5 Å². The molecule has 2 N–H and O–H groups in total. The van der Waals surface area contributed by atoms with Crippen molar-refractivity contribution in [2.24, 2.45) is 5.73 Å². The van der Waals surface area contributed by atoms with Gasteiger partial charge in [-0.1, -0.05) is 0 Å². The fourth-order valence-corrected chi connectivity index (χ4v) is 1.82. The van der Waals surface area contributed by atoms with Crippen LogP contribution < -0.4 is 5.73 Å². The van der Waals surface area contributed by atoms with Gasteiger partial charge in [0, 0.05) is 13.0 Å². The number of hydrogen-bond acceptors (Lipinski definition) is 3. The Morgan fingerprint density at radius 2 is 2.54 bits per heavy atom. The molecule has 0 spiro atoms. The first-order valence-electron chi connectivity index (χ1n) is 4.51. The third-order valence-corrected chi connectivity index (χ3v) is 2.49. The van der Waals surface area contributed by atoms with Gasteiger partial charge in [-0.3, -0.25) is 4.79 Å². The zero-order valence-electron chi connectivity index (χ0n) is 7.66. The molecule has 1 aromatic heterocycles. The quantitative estimate of drug-likeness (QED) is 0.625. The minimum Gasteiger partial charge on any atom is -0.327 e. The highest BCUT2D eigenvalue weighted by Crippen LogP contribution is 2.19. The maximum atomic E-state index is 11.1. The van der Waals surface area contributed by atoms with E-state index in [0.29, 0.717) is 0 Å². The molecule has 1 aromatic rings. The second-order valence-electron chi connectivity index (χ2n) is 3.55. The van der Waals surface area contributed by atoms with Crippen LogP contribution >= 0.6 is 0 Å². The zero-order valence-corrected chi connectivity index (χ0v) is 7.66. The summed E-state index contributed by atoms with van der Waals surface area (Å²) in [6, 6.07) is 0.233. The Morgan fingerprint density at radius 1 is 1.77 bits per heavy atom. The highest BCUT2D eigenvalue weighted by Gasteiger charge is 2.20. The molecule has 0 unspecified atom stereocenters. The van der Waals surface area contributed by atoms with Crippen molar-refractivity contribution in [1.29, 1.82) is 0 Å². The van der Waals surface area contributed by atoms with E-state index >= 15 is 0 Å². The van der Waals surface area contributed by atoms with Crippen LogP contribution in [0.2, 0.25) is 0 Å². The van der Waals surface area contributed by atoms with Crippen LogP contribution in [0.25, 0.3) is 0 Å². The Kier molecular flexibility index (Phi) is 1.92. The lowest BCUT2D eigenvalue weighted by Crippen LogP contribution is -2.28. The van der Waals surface area contributed by atoms with Gasteiger partial charge in [0.25, 0.3) is 0 Å². The highest BCUT2D eigenvalue weighted by atomic mass is 16.2. The van der Waals surface area contributed by atoms with E-state index < -0.39 is 0 Å². The molecule has 1 aliphatic carbocycles. The summed E-state index contributed by atoms with van der Waals surface area (Å²) >= 11 is 0. The maximum Gasteiger partial charge on any atom is 0.243 e. The van der Waals surface area contributed by atoms with E-state index in [4.69, 9.17) is 5.73 Å². The number of nitrogens with two attached hydrogens (primary N) is 1. The molecule has 1 heterocycles. The highest BCUT2D eigenvalue weighted by molar-refractivity contribution is 5.76. The van der Waals surface area contributed by atoms with Crippen LogP contribution in [-0.2, 0) is 12.8 Å². The predicted molar refractivity (Wildman–Crippen MR) is 48.5 cm³/mol. The number of rotatable bonds is 0. The molecule has 0 radical (unpaired) electrons. The number of fused-ring (bicyclic) bond motifs is 1. The van der Waals surface area contributed by atoms with Crippen molar-refractivity contribution in [3.05, 3.63) is 17.5 Å². The standard InChI is InChI=1S/C9H13N3O/c1-6(13)12-9-3-2-8(10)4-7(9)5-11-12/h5,8H,2-4,10H2,1H3/t8-/m0/s1. The first-order valence-corrected chi connectivity index (χ1v) is 4.51. The molecule has 0 saturated heterocycles. The number of aromatic nitrogens is 2. The van der Waals surface area contributed by atoms with Crippen molar-refractivity contribution in [3.63, 3.8) is 0 Å². The molecule has 1 atom stereocenters. The van der Waals surface area contributed by atoms with Crippen molar-refractivity contribution < 1.29 is 4.79 Å². The Hall–Kier alpha value is -1.16. The number of hydrogen-bond donors (Lipinski definition) is 1. The molecule has 0 aliphatic heterocycles. The third kappa shape index (κ3) is 1.37. The molecule has 13 heavy (non-hydrogen) atoms. The molecular formula is C9H13N3O. The van der Waals surface area contributed by atoms with Crippen LogP contribution in [0.4, 0.5) is 0 Å². The Bertz CT molecular complexity index is 343. The molecule has 4 nitrogen and oxygen atoms in total. The first kappa shape index (κ1) is 8.44. The Balaban J connectivity index is 2.39. The summed E-state index contributed by atoms with van der Waals surface area (Å²) in [5.41, 5.74) is 8.00. The van der Waals surface area contributed by atoms with Crippen molar-refractivity contribution in [3.8, 4) is 0 Å². The van der Waals surface area contributed by atoms with Gasteiger partial charge in [0.15, 0.2) is 0 Å². The number of nitrogens with zero attached hydrogens (tertiary/aromatic N) is 2. The van der Waals surface area contributed by atoms with Gasteiger partial charge in [0.2, 0.25) is 5.91 Å². The van der Waals surface area contributed by atoms with E-state index in [9.17, 15) is 4.79 Å². The Morgan fingerprint density at radius 3 is 3.23 bits per heavy atom. The van der Waals surface area contributed by atoms with E-state index in [-0.39, 0.29) is 11.9 Å². The lowest BCUT2D eigenvalue weighted by molar-refractivity contribution is 0.0917. The second-order valence-corrected chi connectivity index (χ2v) is 3.55. The molecular weight excluding hydrogens is 166 g/mol. The molecule has 1 aliphatic rings. The van der Waals surface area contributed by atoms with E-state index in [2.05, 4.69) is 5.10 Å². The van der Waals surface area contributed by atoms with Gasteiger partial charge in [0.05, 0.1) is 11.9 Å². The molecule has 0 fully saturated rings. The van der Waals surface area contributed by atoms with Crippen LogP contribution in [0, 0.1) is 0 Å². The molecule has 70 valence electrons. The zero-order chi connectivity index (χ0) is 9.42. The van der Waals surface area contributed by atoms with Gasteiger partial charge in [-0.25, -0.2) is 4.68 Å². The van der Waals surface area contributed by atoms with Crippen LogP contribution in [0.3, 0.4) is 0 Å². The maximum absolute atomic E-state index is 11.1. The average molecular weight is 179 g/mol. The van der Waals surface area contributed by atoms with Crippen molar-refractivity contribution in [1.82, 2.24) is 9.78 Å². The fourth-order valence-electron chi connectivity index (χ4n) is 1.82. The summed E-state index contributed by atoms with van der Waals surface area (Å²) in [4.78, 5) is 11.1. The van der Waals surface area contributed by atoms with Crippen molar-refractivity contribution >= 4 is 5.91 Å². The second kappa shape index (κ2) is 2.96. The van der Waals surface area contributed by atoms with Crippen molar-refractivity contribution in [2.75, 3.05) is 0 Å². The van der Waals surface area contributed by atoms with E-state index in [1.807, 2.05) is 0 Å². The topological polar surface area (TPSA) is 60.9 Å². The van der Waals surface area contributed by atoms with E-state index in [1.165, 1.54) is 11.6 Å². The first-order chi connectivity index (χ1) is 6.18. The number of carbonyl (C=O) groups excluding carboxylic acids is 1. The Labute approximate surface area is 76.7 Å². The molecule has 2 rings (SSSR count). The van der Waals surface area contributed by atoms with Gasteiger partial charge in [-0.15, -0.1) is 0 Å². The summed E-state index contributed by atoms with van der Waals surface area (Å²) in [6.07, 6.45) is 4.43. The minimum atomic E-state index is -0.0169. The lowest BCUT2D eigenvalue weighted by Gasteiger charge is -2.18. The van der Waals surface area contributed by atoms with Crippen molar-refractivity contribution in [2.45, 2.75) is 32.2 Å². The largest absolute Gasteiger partial charge is 0.327 e. The summed E-state index contributed by atoms with van der Waals surface area (Å²) in [5.74, 6) is -0.0169. The summed E-state index contributed by atoms with van der Waals surface area (Å²) in [6.45, 7) is 1.53. The van der Waals surface area contributed by atoms with E-state index in [1.54, 1.807) is 6.20 Å². The van der Waals surface area contributed by atoms with Gasteiger partial charge in [-0.05, 0) is 24.8 Å². The lowest BCUT2D eigenvalue weighted by atomic mass is 9.94. The van der Waals surface area contributed by atoms with Gasteiger partial charge in [0.1, 0.15) is 0 Å². The van der Waals surface area contributed by atoms with Gasteiger partial charge < -0.3 is 5.73 Å². The minimum absolute atomic E-state index is 0.0169.